The van der Waals surface area contributed by atoms with E-state index in [9.17, 15) is 4.79 Å². The highest BCUT2D eigenvalue weighted by Crippen LogP contribution is 2.15. The number of methoxy groups -OCH3 is 1. The molecule has 0 radical (unpaired) electrons. The van der Waals surface area contributed by atoms with Gasteiger partial charge in [0, 0.05) is 0 Å². The van der Waals surface area contributed by atoms with E-state index in [1.54, 1.807) is 0 Å². The zero-order chi connectivity index (χ0) is 11.5. The summed E-state index contributed by atoms with van der Waals surface area (Å²) in [4.78, 5) is 26.9. The Labute approximate surface area is 95.7 Å². The van der Waals surface area contributed by atoms with Gasteiger partial charge in [-0.05, 0) is 0 Å². The summed E-state index contributed by atoms with van der Waals surface area (Å²) in [5, 5.41) is 0.150. The highest BCUT2D eigenvalue weighted by Gasteiger charge is 2.11. The van der Waals surface area contributed by atoms with E-state index in [0.717, 1.165) is 0 Å². The first kappa shape index (κ1) is 10.7. The minimum absolute atomic E-state index is 0.0207. The number of aromatic nitrogens is 4. The Balaban J connectivity index is 2.46. The Morgan fingerprint density at radius 1 is 1.50 bits per heavy atom. The molecular weight excluding hydrogens is 232 g/mol. The number of rotatable bonds is 2. The standard InChI is InChI=1S/C9H7ClN4O2/c1-16-7(15)2-5-8(10)14-9-6(13-5)3-11-4-12-9/h3-4H,2H2,1H3. The summed E-state index contributed by atoms with van der Waals surface area (Å²) >= 11 is 5.86. The van der Waals surface area contributed by atoms with Gasteiger partial charge in [0.2, 0.25) is 0 Å². The van der Waals surface area contributed by atoms with Crippen LogP contribution in [0.1, 0.15) is 5.69 Å². The Kier molecular flexibility index (Phi) is 2.91. The van der Waals surface area contributed by atoms with Gasteiger partial charge in [0.15, 0.2) is 10.8 Å². The van der Waals surface area contributed by atoms with E-state index in [4.69, 9.17) is 11.6 Å². The molecule has 6 nitrogen and oxygen atoms in total. The number of esters is 1. The molecule has 0 aliphatic carbocycles. The third kappa shape index (κ3) is 2.06. The molecule has 2 aromatic rings. The summed E-state index contributed by atoms with van der Waals surface area (Å²) in [5.41, 5.74) is 1.25. The number of ether oxygens (including phenoxy) is 1. The third-order valence-electron chi connectivity index (χ3n) is 1.91. The molecular formula is C9H7ClN4O2. The van der Waals surface area contributed by atoms with Gasteiger partial charge in [-0.2, -0.15) is 0 Å². The van der Waals surface area contributed by atoms with E-state index >= 15 is 0 Å². The van der Waals surface area contributed by atoms with Crippen molar-refractivity contribution in [3.05, 3.63) is 23.4 Å². The number of halogens is 1. The lowest BCUT2D eigenvalue weighted by molar-refractivity contribution is -0.139. The zero-order valence-electron chi connectivity index (χ0n) is 8.35. The van der Waals surface area contributed by atoms with Gasteiger partial charge in [0.1, 0.15) is 11.8 Å². The normalized spacial score (nSPS) is 10.4. The maximum Gasteiger partial charge on any atom is 0.311 e. The van der Waals surface area contributed by atoms with Crippen LogP contribution in [-0.2, 0) is 16.0 Å². The second-order valence-corrected chi connectivity index (χ2v) is 3.30. The molecule has 7 heteroatoms. The monoisotopic (exact) mass is 238 g/mol. The zero-order valence-corrected chi connectivity index (χ0v) is 9.10. The fraction of sp³-hybridized carbons (Fsp3) is 0.222. The van der Waals surface area contributed by atoms with Crippen molar-refractivity contribution in [2.75, 3.05) is 7.11 Å². The molecule has 2 aromatic heterocycles. The smallest absolute Gasteiger partial charge is 0.311 e. The molecule has 0 N–H and O–H groups in total. The van der Waals surface area contributed by atoms with Crippen LogP contribution >= 0.6 is 11.6 Å². The van der Waals surface area contributed by atoms with Crippen LogP contribution in [0.2, 0.25) is 5.15 Å². The molecule has 0 fully saturated rings. The minimum atomic E-state index is -0.424. The summed E-state index contributed by atoms with van der Waals surface area (Å²) in [6, 6.07) is 0. The predicted molar refractivity (Wildman–Crippen MR) is 55.9 cm³/mol. The minimum Gasteiger partial charge on any atom is -0.469 e. The van der Waals surface area contributed by atoms with E-state index < -0.39 is 5.97 Å². The Hall–Kier alpha value is -1.82. The molecule has 16 heavy (non-hydrogen) atoms. The third-order valence-corrected chi connectivity index (χ3v) is 2.21. The summed E-state index contributed by atoms with van der Waals surface area (Å²) in [6.07, 6.45) is 2.84. The van der Waals surface area contributed by atoms with Crippen LogP contribution in [-0.4, -0.2) is 33.0 Å². The van der Waals surface area contributed by atoms with E-state index in [0.29, 0.717) is 16.9 Å². The first-order valence-corrected chi connectivity index (χ1v) is 4.77. The fourth-order valence-corrected chi connectivity index (χ4v) is 1.34. The van der Waals surface area contributed by atoms with Crippen LogP contribution in [0.25, 0.3) is 11.2 Å². The van der Waals surface area contributed by atoms with Crippen LogP contribution in [0, 0.1) is 0 Å². The maximum atomic E-state index is 11.1. The van der Waals surface area contributed by atoms with Crippen LogP contribution in [0.4, 0.5) is 0 Å². The predicted octanol–water partition coefficient (Wildman–Crippen LogP) is 0.789. The van der Waals surface area contributed by atoms with Gasteiger partial charge in [-0.25, -0.2) is 19.9 Å². The number of carbonyl (C=O) groups is 1. The molecule has 0 atom stereocenters. The molecule has 0 bridgehead atoms. The highest BCUT2D eigenvalue weighted by molar-refractivity contribution is 6.30. The van der Waals surface area contributed by atoms with Gasteiger partial charge in [0.05, 0.1) is 25.4 Å². The van der Waals surface area contributed by atoms with Crippen molar-refractivity contribution in [2.45, 2.75) is 6.42 Å². The Bertz CT molecular complexity index is 546. The lowest BCUT2D eigenvalue weighted by Gasteiger charge is -2.02. The molecule has 2 heterocycles. The molecule has 0 aromatic carbocycles. The van der Waals surface area contributed by atoms with Gasteiger partial charge >= 0.3 is 5.97 Å². The van der Waals surface area contributed by atoms with E-state index in [1.807, 2.05) is 0 Å². The van der Waals surface area contributed by atoms with Crippen LogP contribution in [0.15, 0.2) is 12.5 Å². The molecule has 0 spiro atoms. The van der Waals surface area contributed by atoms with Gasteiger partial charge in [-0.15, -0.1) is 0 Å². The average molecular weight is 239 g/mol. The first-order valence-electron chi connectivity index (χ1n) is 4.39. The van der Waals surface area contributed by atoms with E-state index in [2.05, 4.69) is 24.7 Å². The largest absolute Gasteiger partial charge is 0.469 e. The number of carbonyl (C=O) groups excluding carboxylic acids is 1. The molecule has 2 rings (SSSR count). The molecule has 0 saturated heterocycles. The van der Waals surface area contributed by atoms with Crippen molar-refractivity contribution >= 4 is 28.7 Å². The van der Waals surface area contributed by atoms with Crippen molar-refractivity contribution in [3.63, 3.8) is 0 Å². The lowest BCUT2D eigenvalue weighted by Crippen LogP contribution is -2.08. The summed E-state index contributed by atoms with van der Waals surface area (Å²) in [6.45, 7) is 0. The Morgan fingerprint density at radius 3 is 3.06 bits per heavy atom. The van der Waals surface area contributed by atoms with E-state index in [1.165, 1.54) is 19.6 Å². The van der Waals surface area contributed by atoms with Gasteiger partial charge in [0.25, 0.3) is 0 Å². The maximum absolute atomic E-state index is 11.1. The number of hydrogen-bond donors (Lipinski definition) is 0. The SMILES string of the molecule is COC(=O)Cc1nc2cncnc2nc1Cl. The van der Waals surface area contributed by atoms with Crippen molar-refractivity contribution in [3.8, 4) is 0 Å². The molecule has 0 amide bonds. The number of hydrogen-bond acceptors (Lipinski definition) is 6. The summed E-state index contributed by atoms with van der Waals surface area (Å²) in [5.74, 6) is -0.424. The second kappa shape index (κ2) is 4.36. The molecule has 0 aliphatic rings. The van der Waals surface area contributed by atoms with Crippen LogP contribution in [0.3, 0.4) is 0 Å². The van der Waals surface area contributed by atoms with E-state index in [-0.39, 0.29) is 11.6 Å². The van der Waals surface area contributed by atoms with Crippen molar-refractivity contribution in [1.82, 2.24) is 19.9 Å². The average Bonchev–Trinajstić information content (AvgIpc) is 2.30. The van der Waals surface area contributed by atoms with Crippen molar-refractivity contribution < 1.29 is 9.53 Å². The van der Waals surface area contributed by atoms with Crippen LogP contribution < -0.4 is 0 Å². The quantitative estimate of drug-likeness (QED) is 0.720. The molecule has 0 aliphatic heterocycles. The van der Waals surface area contributed by atoms with Gasteiger partial charge < -0.3 is 4.74 Å². The highest BCUT2D eigenvalue weighted by atomic mass is 35.5. The van der Waals surface area contributed by atoms with Gasteiger partial charge in [-0.1, -0.05) is 11.6 Å². The molecule has 0 saturated carbocycles. The van der Waals surface area contributed by atoms with Crippen molar-refractivity contribution in [1.29, 1.82) is 0 Å². The number of nitrogens with zero attached hydrogens (tertiary/aromatic N) is 4. The topological polar surface area (TPSA) is 77.9 Å². The van der Waals surface area contributed by atoms with Crippen LogP contribution in [0.5, 0.6) is 0 Å². The number of fused-ring (bicyclic) bond motifs is 1. The van der Waals surface area contributed by atoms with Crippen molar-refractivity contribution in [2.24, 2.45) is 0 Å². The fourth-order valence-electron chi connectivity index (χ4n) is 1.15. The lowest BCUT2D eigenvalue weighted by atomic mass is 10.3. The summed E-state index contributed by atoms with van der Waals surface area (Å²) < 4.78 is 4.52. The first-order chi connectivity index (χ1) is 7.70. The summed E-state index contributed by atoms with van der Waals surface area (Å²) in [7, 11) is 1.30. The Morgan fingerprint density at radius 2 is 2.31 bits per heavy atom. The molecule has 0 unspecified atom stereocenters. The second-order valence-electron chi connectivity index (χ2n) is 2.95. The van der Waals surface area contributed by atoms with Gasteiger partial charge in [-0.3, -0.25) is 4.79 Å². The molecule has 82 valence electrons.